The largest absolute Gasteiger partial charge is 0.314 e. The molecule has 0 aliphatic carbocycles. The lowest BCUT2D eigenvalue weighted by molar-refractivity contribution is 0.427. The summed E-state index contributed by atoms with van der Waals surface area (Å²) in [7, 11) is -2.80. The van der Waals surface area contributed by atoms with Gasteiger partial charge in [0.1, 0.15) is 9.84 Å². The molecule has 3 nitrogen and oxygen atoms in total. The van der Waals surface area contributed by atoms with Gasteiger partial charge in [-0.3, -0.25) is 0 Å². The molecule has 0 radical (unpaired) electrons. The minimum absolute atomic E-state index is 0.334. The lowest BCUT2D eigenvalue weighted by Gasteiger charge is -2.17. The number of rotatable bonds is 9. The summed E-state index contributed by atoms with van der Waals surface area (Å²) in [5, 5.41) is 3.37. The first kappa shape index (κ1) is 15.9. The van der Waals surface area contributed by atoms with Crippen LogP contribution in [-0.4, -0.2) is 32.5 Å². The third-order valence-corrected chi connectivity index (χ3v) is 4.63. The standard InChI is InChI=1S/C12H27NO2S/c1-5-8-16(14,15)9-7-12(6-2)10-13-11(3)4/h11-13H,5-10H2,1-4H3. The summed E-state index contributed by atoms with van der Waals surface area (Å²) in [5.74, 6) is 1.16. The Morgan fingerprint density at radius 2 is 1.75 bits per heavy atom. The third-order valence-electron chi connectivity index (χ3n) is 2.74. The number of nitrogens with one attached hydrogen (secondary N) is 1. The highest BCUT2D eigenvalue weighted by atomic mass is 32.2. The van der Waals surface area contributed by atoms with Gasteiger partial charge in [-0.15, -0.1) is 0 Å². The molecule has 0 aromatic rings. The van der Waals surface area contributed by atoms with Gasteiger partial charge in [-0.05, 0) is 25.3 Å². The molecule has 0 aromatic heterocycles. The highest BCUT2D eigenvalue weighted by Gasteiger charge is 2.13. The zero-order valence-corrected chi connectivity index (χ0v) is 11.9. The second-order valence-corrected chi connectivity index (χ2v) is 7.08. The Balaban J connectivity index is 3.95. The summed E-state index contributed by atoms with van der Waals surface area (Å²) in [5.41, 5.74) is 0. The molecule has 0 aliphatic heterocycles. The molecule has 4 heteroatoms. The Kier molecular flexibility index (Phi) is 8.02. The van der Waals surface area contributed by atoms with Crippen LogP contribution in [0.5, 0.6) is 0 Å². The molecule has 0 saturated heterocycles. The van der Waals surface area contributed by atoms with E-state index >= 15 is 0 Å². The van der Waals surface area contributed by atoms with Crippen LogP contribution in [0.15, 0.2) is 0 Å². The molecule has 1 unspecified atom stereocenters. The summed E-state index contributed by atoms with van der Waals surface area (Å²) in [6.45, 7) is 9.19. The van der Waals surface area contributed by atoms with Crippen molar-refractivity contribution in [3.8, 4) is 0 Å². The van der Waals surface area contributed by atoms with Gasteiger partial charge in [0.05, 0.1) is 5.75 Å². The van der Waals surface area contributed by atoms with Crippen molar-refractivity contribution in [3.05, 3.63) is 0 Å². The molecule has 0 aromatic carbocycles. The van der Waals surface area contributed by atoms with Crippen molar-refractivity contribution in [2.45, 2.75) is 53.0 Å². The predicted octanol–water partition coefficient (Wildman–Crippen LogP) is 2.23. The number of sulfone groups is 1. The zero-order chi connectivity index (χ0) is 12.6. The van der Waals surface area contributed by atoms with Gasteiger partial charge in [-0.2, -0.15) is 0 Å². The van der Waals surface area contributed by atoms with Crippen molar-refractivity contribution in [1.29, 1.82) is 0 Å². The lowest BCUT2D eigenvalue weighted by atomic mass is 10.0. The Bertz CT molecular complexity index is 260. The normalized spacial score (nSPS) is 14.3. The monoisotopic (exact) mass is 249 g/mol. The van der Waals surface area contributed by atoms with E-state index in [1.54, 1.807) is 0 Å². The molecular formula is C12H27NO2S. The first-order valence-electron chi connectivity index (χ1n) is 6.35. The van der Waals surface area contributed by atoms with Crippen LogP contribution < -0.4 is 5.32 Å². The van der Waals surface area contributed by atoms with Crippen LogP contribution in [0.1, 0.15) is 47.0 Å². The smallest absolute Gasteiger partial charge is 0.150 e. The first-order chi connectivity index (χ1) is 7.41. The molecule has 1 atom stereocenters. The summed E-state index contributed by atoms with van der Waals surface area (Å²) >= 11 is 0. The van der Waals surface area contributed by atoms with E-state index < -0.39 is 9.84 Å². The molecule has 0 saturated carbocycles. The quantitative estimate of drug-likeness (QED) is 0.681. The van der Waals surface area contributed by atoms with Gasteiger partial charge >= 0.3 is 0 Å². The van der Waals surface area contributed by atoms with Crippen LogP contribution in [0.4, 0.5) is 0 Å². The van der Waals surface area contributed by atoms with Crippen LogP contribution in [0.3, 0.4) is 0 Å². The van der Waals surface area contributed by atoms with Gasteiger partial charge in [0.15, 0.2) is 0 Å². The van der Waals surface area contributed by atoms with Gasteiger partial charge in [0.25, 0.3) is 0 Å². The fraction of sp³-hybridized carbons (Fsp3) is 1.00. The van der Waals surface area contributed by atoms with Crippen molar-refractivity contribution in [2.24, 2.45) is 5.92 Å². The van der Waals surface area contributed by atoms with E-state index in [0.29, 0.717) is 23.5 Å². The molecule has 0 fully saturated rings. The highest BCUT2D eigenvalue weighted by Crippen LogP contribution is 2.10. The second-order valence-electron chi connectivity index (χ2n) is 4.78. The summed E-state index contributed by atoms with van der Waals surface area (Å²) < 4.78 is 23.1. The average Bonchev–Trinajstić information content (AvgIpc) is 2.17. The molecule has 0 bridgehead atoms. The minimum atomic E-state index is -2.80. The van der Waals surface area contributed by atoms with E-state index in [2.05, 4.69) is 26.1 Å². The SMILES string of the molecule is CCCS(=O)(=O)CCC(CC)CNC(C)C. The van der Waals surface area contributed by atoms with E-state index in [1.807, 2.05) is 6.92 Å². The third kappa shape index (κ3) is 8.11. The predicted molar refractivity (Wildman–Crippen MR) is 70.5 cm³/mol. The van der Waals surface area contributed by atoms with Crippen LogP contribution in [0, 0.1) is 5.92 Å². The zero-order valence-electron chi connectivity index (χ0n) is 11.1. The van der Waals surface area contributed by atoms with Crippen molar-refractivity contribution in [1.82, 2.24) is 5.32 Å². The first-order valence-corrected chi connectivity index (χ1v) is 8.17. The molecule has 0 amide bonds. The molecule has 1 N–H and O–H groups in total. The number of hydrogen-bond acceptors (Lipinski definition) is 3. The van der Waals surface area contributed by atoms with Crippen LogP contribution in [0.2, 0.25) is 0 Å². The molecule has 0 rings (SSSR count). The van der Waals surface area contributed by atoms with E-state index in [-0.39, 0.29) is 0 Å². The Morgan fingerprint density at radius 3 is 2.19 bits per heavy atom. The summed E-state index contributed by atoms with van der Waals surface area (Å²) in [6.07, 6.45) is 2.56. The maximum absolute atomic E-state index is 11.6. The van der Waals surface area contributed by atoms with Crippen molar-refractivity contribution >= 4 is 9.84 Å². The van der Waals surface area contributed by atoms with Crippen LogP contribution >= 0.6 is 0 Å². The van der Waals surface area contributed by atoms with Crippen LogP contribution in [-0.2, 0) is 9.84 Å². The van der Waals surface area contributed by atoms with E-state index in [9.17, 15) is 8.42 Å². The van der Waals surface area contributed by atoms with Gasteiger partial charge in [-0.1, -0.05) is 34.1 Å². The van der Waals surface area contributed by atoms with Gasteiger partial charge < -0.3 is 5.32 Å². The highest BCUT2D eigenvalue weighted by molar-refractivity contribution is 7.91. The average molecular weight is 249 g/mol. The van der Waals surface area contributed by atoms with Crippen molar-refractivity contribution in [3.63, 3.8) is 0 Å². The molecule has 0 aliphatic rings. The van der Waals surface area contributed by atoms with Crippen LogP contribution in [0.25, 0.3) is 0 Å². The maximum Gasteiger partial charge on any atom is 0.150 e. The van der Waals surface area contributed by atoms with Crippen molar-refractivity contribution < 1.29 is 8.42 Å². The molecular weight excluding hydrogens is 222 g/mol. The summed E-state index contributed by atoms with van der Waals surface area (Å²) in [4.78, 5) is 0. The fourth-order valence-corrected chi connectivity index (χ4v) is 3.13. The maximum atomic E-state index is 11.6. The Labute approximate surface area is 101 Å². The fourth-order valence-electron chi connectivity index (χ4n) is 1.61. The van der Waals surface area contributed by atoms with Gasteiger partial charge in [-0.25, -0.2) is 8.42 Å². The minimum Gasteiger partial charge on any atom is -0.314 e. The van der Waals surface area contributed by atoms with E-state index in [1.165, 1.54) is 0 Å². The van der Waals surface area contributed by atoms with E-state index in [4.69, 9.17) is 0 Å². The second kappa shape index (κ2) is 8.07. The van der Waals surface area contributed by atoms with E-state index in [0.717, 1.165) is 25.8 Å². The van der Waals surface area contributed by atoms with Gasteiger partial charge in [0.2, 0.25) is 0 Å². The lowest BCUT2D eigenvalue weighted by Crippen LogP contribution is -2.29. The molecule has 16 heavy (non-hydrogen) atoms. The molecule has 0 heterocycles. The molecule has 98 valence electrons. The summed E-state index contributed by atoms with van der Waals surface area (Å²) in [6, 6.07) is 0.473. The van der Waals surface area contributed by atoms with Crippen molar-refractivity contribution in [2.75, 3.05) is 18.1 Å². The molecule has 0 spiro atoms. The topological polar surface area (TPSA) is 46.2 Å². The Morgan fingerprint density at radius 1 is 1.12 bits per heavy atom. The van der Waals surface area contributed by atoms with Gasteiger partial charge in [0, 0.05) is 11.8 Å². The Hall–Kier alpha value is -0.0900. The number of hydrogen-bond donors (Lipinski definition) is 1.